The molecule has 0 saturated carbocycles. The Morgan fingerprint density at radius 2 is 2.17 bits per heavy atom. The van der Waals surface area contributed by atoms with Gasteiger partial charge in [-0.3, -0.25) is 4.79 Å². The zero-order chi connectivity index (χ0) is 16.0. The molecule has 0 radical (unpaired) electrons. The van der Waals surface area contributed by atoms with Crippen LogP contribution in [-0.4, -0.2) is 30.5 Å². The number of nitrogens with zero attached hydrogens (tertiary/aromatic N) is 4. The van der Waals surface area contributed by atoms with E-state index in [1.54, 1.807) is 18.3 Å². The molecule has 23 heavy (non-hydrogen) atoms. The summed E-state index contributed by atoms with van der Waals surface area (Å²) in [6.45, 7) is 1.40. The number of Topliss-reactive ketones (excluding diaryl/α,β-unsaturated/α-hetero) is 1. The first-order valence-electron chi connectivity index (χ1n) is 6.62. The van der Waals surface area contributed by atoms with Crippen LogP contribution in [0.1, 0.15) is 17.5 Å². The third-order valence-corrected chi connectivity index (χ3v) is 3.29. The maximum absolute atomic E-state index is 11.6. The fourth-order valence-electron chi connectivity index (χ4n) is 2.13. The molecular formula is C14H9N5O4. The van der Waals surface area contributed by atoms with Gasteiger partial charge in [-0.1, -0.05) is 5.16 Å². The summed E-state index contributed by atoms with van der Waals surface area (Å²) in [5.74, 6) is 0.545. The van der Waals surface area contributed by atoms with E-state index in [-0.39, 0.29) is 23.1 Å². The second-order valence-electron chi connectivity index (χ2n) is 4.85. The van der Waals surface area contributed by atoms with Gasteiger partial charge in [-0.2, -0.15) is 10.1 Å². The van der Waals surface area contributed by atoms with Crippen molar-refractivity contribution in [2.75, 3.05) is 0 Å². The van der Waals surface area contributed by atoms with E-state index in [1.165, 1.54) is 23.7 Å². The molecule has 0 aliphatic heterocycles. The lowest BCUT2D eigenvalue weighted by molar-refractivity contribution is 0.0987. The zero-order valence-electron chi connectivity index (χ0n) is 11.8. The van der Waals surface area contributed by atoms with Gasteiger partial charge in [-0.25, -0.2) is 14.3 Å². The Hall–Kier alpha value is -3.49. The predicted molar refractivity (Wildman–Crippen MR) is 76.8 cm³/mol. The number of furan rings is 1. The van der Waals surface area contributed by atoms with E-state index in [0.717, 1.165) is 0 Å². The molecule has 0 saturated heterocycles. The average Bonchev–Trinajstić information content (AvgIpc) is 3.26. The van der Waals surface area contributed by atoms with Gasteiger partial charge in [0.15, 0.2) is 17.2 Å². The number of rotatable bonds is 3. The summed E-state index contributed by atoms with van der Waals surface area (Å²) in [7, 11) is 0. The van der Waals surface area contributed by atoms with Gasteiger partial charge in [0.1, 0.15) is 6.26 Å². The van der Waals surface area contributed by atoms with Crippen LogP contribution in [0.25, 0.3) is 28.5 Å². The first kappa shape index (κ1) is 13.2. The number of nitrogens with one attached hydrogen (secondary N) is 1. The van der Waals surface area contributed by atoms with Gasteiger partial charge >= 0.3 is 5.69 Å². The topological polar surface area (TPSA) is 119 Å². The molecule has 0 atom stereocenters. The molecule has 0 spiro atoms. The number of fused-ring (bicyclic) bond motifs is 1. The summed E-state index contributed by atoms with van der Waals surface area (Å²) in [5, 5.41) is 10.1. The molecule has 4 aromatic rings. The third-order valence-electron chi connectivity index (χ3n) is 3.29. The number of carbonyl (C=O) groups is 1. The standard InChI is InChI=1S/C14H9N5O4/c1-7(20)10-4-9(6-22-10)13-15-12(18-23-13)8-2-3-11-16-17-14(21)19(11)5-8/h2-6H,1H3,(H,17,21). The number of ketones is 1. The Balaban J connectivity index is 1.74. The highest BCUT2D eigenvalue weighted by Gasteiger charge is 2.15. The second kappa shape index (κ2) is 4.77. The van der Waals surface area contributed by atoms with Crippen molar-refractivity contribution in [2.24, 2.45) is 0 Å². The van der Waals surface area contributed by atoms with Gasteiger partial charge in [0.25, 0.3) is 5.89 Å². The summed E-state index contributed by atoms with van der Waals surface area (Å²) in [4.78, 5) is 27.1. The predicted octanol–water partition coefficient (Wildman–Crippen LogP) is 1.54. The van der Waals surface area contributed by atoms with Gasteiger partial charge in [0.2, 0.25) is 5.82 Å². The van der Waals surface area contributed by atoms with Gasteiger partial charge in [0, 0.05) is 24.8 Å². The number of hydrogen-bond donors (Lipinski definition) is 1. The average molecular weight is 311 g/mol. The summed E-state index contributed by atoms with van der Waals surface area (Å²) < 4.78 is 11.6. The molecule has 0 aliphatic carbocycles. The third kappa shape index (κ3) is 2.14. The number of pyridine rings is 1. The summed E-state index contributed by atoms with van der Waals surface area (Å²) in [6.07, 6.45) is 2.93. The largest absolute Gasteiger partial charge is 0.460 e. The van der Waals surface area contributed by atoms with Gasteiger partial charge in [0.05, 0.1) is 5.56 Å². The van der Waals surface area contributed by atoms with E-state index >= 15 is 0 Å². The van der Waals surface area contributed by atoms with Crippen LogP contribution in [0.5, 0.6) is 0 Å². The minimum atomic E-state index is -0.355. The van der Waals surface area contributed by atoms with Crippen LogP contribution >= 0.6 is 0 Å². The van der Waals surface area contributed by atoms with Crippen molar-refractivity contribution < 1.29 is 13.7 Å². The van der Waals surface area contributed by atoms with Crippen molar-refractivity contribution in [1.82, 2.24) is 24.7 Å². The molecule has 4 aromatic heterocycles. The molecule has 0 amide bonds. The fourth-order valence-corrected chi connectivity index (χ4v) is 2.13. The van der Waals surface area contributed by atoms with Crippen molar-refractivity contribution in [3.63, 3.8) is 0 Å². The maximum atomic E-state index is 11.6. The zero-order valence-corrected chi connectivity index (χ0v) is 11.8. The molecule has 9 heteroatoms. The Bertz CT molecular complexity index is 1080. The fraction of sp³-hybridized carbons (Fsp3) is 0.0714. The lowest BCUT2D eigenvalue weighted by Crippen LogP contribution is -2.08. The lowest BCUT2D eigenvalue weighted by atomic mass is 10.2. The van der Waals surface area contributed by atoms with Crippen LogP contribution < -0.4 is 5.69 Å². The molecule has 4 rings (SSSR count). The lowest BCUT2D eigenvalue weighted by Gasteiger charge is -1.94. The van der Waals surface area contributed by atoms with E-state index in [9.17, 15) is 9.59 Å². The first-order valence-corrected chi connectivity index (χ1v) is 6.62. The smallest absolute Gasteiger partial charge is 0.347 e. The molecule has 0 aliphatic rings. The van der Waals surface area contributed by atoms with Crippen LogP contribution in [0.2, 0.25) is 0 Å². The van der Waals surface area contributed by atoms with Gasteiger partial charge in [-0.05, 0) is 12.1 Å². The molecule has 0 unspecified atom stereocenters. The normalized spacial score (nSPS) is 11.2. The SMILES string of the molecule is CC(=O)c1cc(-c2nc(-c3ccc4n[nH]c(=O)n4c3)no2)co1. The van der Waals surface area contributed by atoms with Crippen molar-refractivity contribution >= 4 is 11.4 Å². The first-order chi connectivity index (χ1) is 11.1. The molecule has 4 heterocycles. The molecule has 0 fully saturated rings. The molecule has 0 aromatic carbocycles. The molecule has 114 valence electrons. The summed E-state index contributed by atoms with van der Waals surface area (Å²) in [6, 6.07) is 4.92. The van der Waals surface area contributed by atoms with Crippen molar-refractivity contribution in [3.05, 3.63) is 46.9 Å². The van der Waals surface area contributed by atoms with E-state index < -0.39 is 0 Å². The minimum absolute atomic E-state index is 0.194. The van der Waals surface area contributed by atoms with E-state index in [2.05, 4.69) is 20.3 Å². The monoisotopic (exact) mass is 311 g/mol. The van der Waals surface area contributed by atoms with Gasteiger partial charge in [-0.15, -0.1) is 0 Å². The molecule has 0 bridgehead atoms. The Labute approximate surface area is 127 Å². The molecular weight excluding hydrogens is 302 g/mol. The number of hydrogen-bond acceptors (Lipinski definition) is 7. The van der Waals surface area contributed by atoms with E-state index in [0.29, 0.717) is 22.6 Å². The van der Waals surface area contributed by atoms with E-state index in [4.69, 9.17) is 8.94 Å². The van der Waals surface area contributed by atoms with Crippen LogP contribution in [-0.2, 0) is 0 Å². The van der Waals surface area contributed by atoms with Crippen molar-refractivity contribution in [1.29, 1.82) is 0 Å². The summed E-state index contributed by atoms with van der Waals surface area (Å²) in [5.41, 5.74) is 1.23. The Morgan fingerprint density at radius 3 is 2.96 bits per heavy atom. The molecule has 1 N–H and O–H groups in total. The van der Waals surface area contributed by atoms with Crippen LogP contribution in [0.15, 0.2) is 44.4 Å². The minimum Gasteiger partial charge on any atom is -0.460 e. The number of carbonyl (C=O) groups excluding carboxylic acids is 1. The summed E-state index contributed by atoms with van der Waals surface area (Å²) >= 11 is 0. The van der Waals surface area contributed by atoms with E-state index in [1.807, 2.05) is 0 Å². The van der Waals surface area contributed by atoms with Crippen LogP contribution in [0.3, 0.4) is 0 Å². The highest BCUT2D eigenvalue weighted by molar-refractivity contribution is 5.92. The van der Waals surface area contributed by atoms with Crippen LogP contribution in [0, 0.1) is 0 Å². The second-order valence-corrected chi connectivity index (χ2v) is 4.85. The Kier molecular flexibility index (Phi) is 2.73. The highest BCUT2D eigenvalue weighted by Crippen LogP contribution is 2.24. The van der Waals surface area contributed by atoms with Crippen LogP contribution in [0.4, 0.5) is 0 Å². The highest BCUT2D eigenvalue weighted by atomic mass is 16.5. The van der Waals surface area contributed by atoms with Crippen molar-refractivity contribution in [2.45, 2.75) is 6.92 Å². The van der Waals surface area contributed by atoms with Crippen molar-refractivity contribution in [3.8, 4) is 22.8 Å². The maximum Gasteiger partial charge on any atom is 0.347 e. The number of H-pyrrole nitrogens is 1. The number of aromatic nitrogens is 5. The number of aromatic amines is 1. The molecule has 9 nitrogen and oxygen atoms in total. The quantitative estimate of drug-likeness (QED) is 0.570. The Morgan fingerprint density at radius 1 is 1.30 bits per heavy atom. The van der Waals surface area contributed by atoms with Gasteiger partial charge < -0.3 is 8.94 Å².